The number of nitrogens with one attached hydrogen (secondary N) is 1. The molecule has 0 aliphatic heterocycles. The molecule has 1 heterocycles. The molecule has 3 nitrogen and oxygen atoms in total. The maximum absolute atomic E-state index is 9.05. The number of nitrogens with zero attached hydrogens (tertiary/aromatic N) is 2. The lowest BCUT2D eigenvalue weighted by Crippen LogP contribution is -1.98. The van der Waals surface area contributed by atoms with Crippen LogP contribution in [0.4, 0.5) is 11.5 Å². The van der Waals surface area contributed by atoms with Crippen molar-refractivity contribution in [3.05, 3.63) is 51.6 Å². The van der Waals surface area contributed by atoms with Gasteiger partial charge in [0, 0.05) is 15.9 Å². The van der Waals surface area contributed by atoms with Crippen molar-refractivity contribution in [3.63, 3.8) is 0 Å². The number of halogens is 1. The third kappa shape index (κ3) is 2.69. The normalized spacial score (nSPS) is 9.89. The van der Waals surface area contributed by atoms with Crippen LogP contribution in [0, 0.1) is 25.2 Å². The molecule has 4 heteroatoms. The minimum Gasteiger partial charge on any atom is -0.339 e. The average molecular weight is 302 g/mol. The van der Waals surface area contributed by atoms with Crippen LogP contribution in [-0.4, -0.2) is 4.98 Å². The molecule has 0 atom stereocenters. The molecule has 0 aliphatic carbocycles. The minimum absolute atomic E-state index is 0.539. The fourth-order valence-electron chi connectivity index (χ4n) is 1.55. The predicted molar refractivity (Wildman–Crippen MR) is 75.9 cm³/mol. The lowest BCUT2D eigenvalue weighted by atomic mass is 10.2. The molecule has 1 aromatic heterocycles. The van der Waals surface area contributed by atoms with Gasteiger partial charge in [0.25, 0.3) is 0 Å². The van der Waals surface area contributed by atoms with Gasteiger partial charge < -0.3 is 5.32 Å². The van der Waals surface area contributed by atoms with Crippen molar-refractivity contribution in [2.75, 3.05) is 5.32 Å². The van der Waals surface area contributed by atoms with E-state index in [4.69, 9.17) is 5.26 Å². The number of hydrogen-bond acceptors (Lipinski definition) is 3. The largest absolute Gasteiger partial charge is 0.339 e. The van der Waals surface area contributed by atoms with Crippen LogP contribution in [0.2, 0.25) is 0 Å². The molecule has 0 saturated carbocycles. The van der Waals surface area contributed by atoms with E-state index >= 15 is 0 Å². The van der Waals surface area contributed by atoms with E-state index in [1.165, 1.54) is 5.56 Å². The summed E-state index contributed by atoms with van der Waals surface area (Å²) in [4.78, 5) is 4.34. The van der Waals surface area contributed by atoms with Crippen LogP contribution >= 0.6 is 15.9 Å². The third-order valence-corrected chi connectivity index (χ3v) is 3.44. The van der Waals surface area contributed by atoms with Crippen LogP contribution in [0.15, 0.2) is 34.8 Å². The van der Waals surface area contributed by atoms with Crippen LogP contribution in [0.3, 0.4) is 0 Å². The standard InChI is InChI=1S/C14H12BrN3/c1-9-3-6-12(7-13(9)15)18-14-11(8-16)5-4-10(2)17-14/h3-7H,1-2H3,(H,17,18). The van der Waals surface area contributed by atoms with Crippen molar-refractivity contribution >= 4 is 27.4 Å². The Labute approximate surface area is 115 Å². The van der Waals surface area contributed by atoms with Crippen LogP contribution in [0.1, 0.15) is 16.8 Å². The molecule has 2 rings (SSSR count). The van der Waals surface area contributed by atoms with Gasteiger partial charge in [-0.05, 0) is 43.7 Å². The van der Waals surface area contributed by atoms with Crippen molar-refractivity contribution in [1.82, 2.24) is 4.98 Å². The summed E-state index contributed by atoms with van der Waals surface area (Å²) in [6, 6.07) is 11.7. The van der Waals surface area contributed by atoms with Gasteiger partial charge in [-0.15, -0.1) is 0 Å². The van der Waals surface area contributed by atoms with Gasteiger partial charge in [0.2, 0.25) is 0 Å². The zero-order chi connectivity index (χ0) is 13.1. The number of hydrogen-bond donors (Lipinski definition) is 1. The summed E-state index contributed by atoms with van der Waals surface area (Å²) in [7, 11) is 0. The van der Waals surface area contributed by atoms with Gasteiger partial charge in [-0.25, -0.2) is 4.98 Å². The molecule has 0 fully saturated rings. The Hall–Kier alpha value is -1.86. The molecule has 0 unspecified atom stereocenters. The molecule has 0 bridgehead atoms. The first kappa shape index (κ1) is 12.6. The van der Waals surface area contributed by atoms with E-state index in [9.17, 15) is 0 Å². The second-order valence-electron chi connectivity index (χ2n) is 4.05. The molecule has 18 heavy (non-hydrogen) atoms. The molecule has 0 aliphatic rings. The van der Waals surface area contributed by atoms with E-state index in [-0.39, 0.29) is 0 Å². The molecule has 90 valence electrons. The second-order valence-corrected chi connectivity index (χ2v) is 4.90. The number of rotatable bonds is 2. The van der Waals surface area contributed by atoms with Crippen LogP contribution < -0.4 is 5.32 Å². The number of pyridine rings is 1. The molecule has 0 radical (unpaired) electrons. The molecule has 2 aromatic rings. The summed E-state index contributed by atoms with van der Waals surface area (Å²) in [5.41, 5.74) is 3.49. The third-order valence-electron chi connectivity index (χ3n) is 2.59. The monoisotopic (exact) mass is 301 g/mol. The predicted octanol–water partition coefficient (Wildman–Crippen LogP) is 4.08. The Bertz CT molecular complexity index is 629. The van der Waals surface area contributed by atoms with E-state index in [2.05, 4.69) is 32.3 Å². The van der Waals surface area contributed by atoms with E-state index < -0.39 is 0 Å². The van der Waals surface area contributed by atoms with E-state index in [1.54, 1.807) is 6.07 Å². The summed E-state index contributed by atoms with van der Waals surface area (Å²) in [5.74, 6) is 0.591. The van der Waals surface area contributed by atoms with Gasteiger partial charge in [-0.3, -0.25) is 0 Å². The van der Waals surface area contributed by atoms with Gasteiger partial charge in [-0.1, -0.05) is 22.0 Å². The van der Waals surface area contributed by atoms with Crippen molar-refractivity contribution in [3.8, 4) is 6.07 Å². The smallest absolute Gasteiger partial charge is 0.148 e. The zero-order valence-electron chi connectivity index (χ0n) is 10.2. The summed E-state index contributed by atoms with van der Waals surface area (Å²) in [6.07, 6.45) is 0. The highest BCUT2D eigenvalue weighted by Gasteiger charge is 2.05. The summed E-state index contributed by atoms with van der Waals surface area (Å²) < 4.78 is 1.03. The summed E-state index contributed by atoms with van der Waals surface area (Å²) in [5, 5.41) is 12.2. The van der Waals surface area contributed by atoms with Crippen molar-refractivity contribution in [1.29, 1.82) is 5.26 Å². The highest BCUT2D eigenvalue weighted by atomic mass is 79.9. The lowest BCUT2D eigenvalue weighted by molar-refractivity contribution is 1.19. The minimum atomic E-state index is 0.539. The number of nitriles is 1. The SMILES string of the molecule is Cc1ccc(C#N)c(Nc2ccc(C)c(Br)c2)n1. The number of anilines is 2. The van der Waals surface area contributed by atoms with Crippen LogP contribution in [0.5, 0.6) is 0 Å². The van der Waals surface area contributed by atoms with Crippen LogP contribution in [-0.2, 0) is 0 Å². The van der Waals surface area contributed by atoms with Gasteiger partial charge in [0.1, 0.15) is 11.9 Å². The Morgan fingerprint density at radius 3 is 2.67 bits per heavy atom. The first-order chi connectivity index (χ1) is 8.60. The summed E-state index contributed by atoms with van der Waals surface area (Å²) in [6.45, 7) is 3.93. The van der Waals surface area contributed by atoms with Gasteiger partial charge in [0.15, 0.2) is 0 Å². The molecule has 1 N–H and O–H groups in total. The summed E-state index contributed by atoms with van der Waals surface area (Å²) >= 11 is 3.48. The second kappa shape index (κ2) is 5.19. The first-order valence-electron chi connectivity index (χ1n) is 5.51. The number of aromatic nitrogens is 1. The van der Waals surface area contributed by atoms with Crippen molar-refractivity contribution < 1.29 is 0 Å². The highest BCUT2D eigenvalue weighted by Crippen LogP contribution is 2.24. The van der Waals surface area contributed by atoms with Gasteiger partial charge in [-0.2, -0.15) is 5.26 Å². The van der Waals surface area contributed by atoms with Gasteiger partial charge >= 0.3 is 0 Å². The zero-order valence-corrected chi connectivity index (χ0v) is 11.7. The Kier molecular flexibility index (Phi) is 3.63. The molecular formula is C14H12BrN3. The molecule has 0 spiro atoms. The Morgan fingerprint density at radius 2 is 2.00 bits per heavy atom. The topological polar surface area (TPSA) is 48.7 Å². The van der Waals surface area contributed by atoms with Crippen molar-refractivity contribution in [2.24, 2.45) is 0 Å². The van der Waals surface area contributed by atoms with Crippen LogP contribution in [0.25, 0.3) is 0 Å². The molecule has 0 amide bonds. The quantitative estimate of drug-likeness (QED) is 0.909. The molecule has 0 saturated heterocycles. The molecule has 1 aromatic carbocycles. The lowest BCUT2D eigenvalue weighted by Gasteiger charge is -2.09. The van der Waals surface area contributed by atoms with E-state index in [0.717, 1.165) is 15.9 Å². The highest BCUT2D eigenvalue weighted by molar-refractivity contribution is 9.10. The fourth-order valence-corrected chi connectivity index (χ4v) is 1.93. The molecular weight excluding hydrogens is 290 g/mol. The van der Waals surface area contributed by atoms with E-state index in [1.807, 2.05) is 38.1 Å². The fraction of sp³-hybridized carbons (Fsp3) is 0.143. The Balaban J connectivity index is 2.36. The van der Waals surface area contributed by atoms with Crippen molar-refractivity contribution in [2.45, 2.75) is 13.8 Å². The maximum Gasteiger partial charge on any atom is 0.148 e. The first-order valence-corrected chi connectivity index (χ1v) is 6.30. The van der Waals surface area contributed by atoms with Gasteiger partial charge in [0.05, 0.1) is 5.56 Å². The average Bonchev–Trinajstić information content (AvgIpc) is 2.34. The number of benzene rings is 1. The maximum atomic E-state index is 9.05. The Morgan fingerprint density at radius 1 is 1.22 bits per heavy atom. The number of aryl methyl sites for hydroxylation is 2. The van der Waals surface area contributed by atoms with E-state index in [0.29, 0.717) is 11.4 Å².